The van der Waals surface area contributed by atoms with Crippen molar-refractivity contribution in [3.8, 4) is 0 Å². The fraction of sp³-hybridized carbons (Fsp3) is 0.500. The molecule has 0 aromatic heterocycles. The first-order valence-corrected chi connectivity index (χ1v) is 7.39. The number of carbonyl (C=O) groups is 2. The Morgan fingerprint density at radius 2 is 1.81 bits per heavy atom. The molecule has 5 nitrogen and oxygen atoms in total. The number of likely N-dealkylation sites (tertiary alicyclic amines) is 1. The molecule has 114 valence electrons. The summed E-state index contributed by atoms with van der Waals surface area (Å²) in [5.41, 5.74) is 0.626. The van der Waals surface area contributed by atoms with Crippen LogP contribution in [0.3, 0.4) is 0 Å². The van der Waals surface area contributed by atoms with Gasteiger partial charge >= 0.3 is 12.1 Å². The van der Waals surface area contributed by atoms with Crippen LogP contribution in [0.1, 0.15) is 37.9 Å². The standard InChI is InChI=1S/C16H21NO4/c1-2-20-15(18)14(13-9-5-3-6-10-13)21-16(19)17-11-7-4-8-12-17/h3,5-6,9-10,14H,2,4,7-8,11-12H2,1H3. The molecule has 1 aliphatic rings. The topological polar surface area (TPSA) is 55.8 Å². The van der Waals surface area contributed by atoms with Crippen LogP contribution in [-0.2, 0) is 14.3 Å². The summed E-state index contributed by atoms with van der Waals surface area (Å²) in [6.45, 7) is 3.35. The summed E-state index contributed by atoms with van der Waals surface area (Å²) in [5.74, 6) is -0.533. The van der Waals surface area contributed by atoms with Crippen LogP contribution in [0.4, 0.5) is 4.79 Å². The Labute approximate surface area is 124 Å². The van der Waals surface area contributed by atoms with Crippen LogP contribution < -0.4 is 0 Å². The fourth-order valence-electron chi connectivity index (χ4n) is 2.35. The number of rotatable bonds is 4. The van der Waals surface area contributed by atoms with Crippen molar-refractivity contribution in [3.63, 3.8) is 0 Å². The number of esters is 1. The zero-order valence-corrected chi connectivity index (χ0v) is 12.3. The van der Waals surface area contributed by atoms with E-state index in [-0.39, 0.29) is 6.61 Å². The maximum atomic E-state index is 12.2. The minimum absolute atomic E-state index is 0.253. The van der Waals surface area contributed by atoms with Crippen molar-refractivity contribution >= 4 is 12.1 Å². The van der Waals surface area contributed by atoms with E-state index in [4.69, 9.17) is 9.47 Å². The molecule has 1 saturated heterocycles. The van der Waals surface area contributed by atoms with Gasteiger partial charge in [-0.2, -0.15) is 0 Å². The first-order chi connectivity index (χ1) is 10.2. The van der Waals surface area contributed by atoms with Crippen molar-refractivity contribution in [1.82, 2.24) is 4.90 Å². The summed E-state index contributed by atoms with van der Waals surface area (Å²) in [5, 5.41) is 0. The number of piperidine rings is 1. The van der Waals surface area contributed by atoms with Crippen LogP contribution >= 0.6 is 0 Å². The second-order valence-corrected chi connectivity index (χ2v) is 4.97. The molecule has 1 aromatic rings. The first-order valence-electron chi connectivity index (χ1n) is 7.39. The van der Waals surface area contributed by atoms with E-state index in [1.807, 2.05) is 6.07 Å². The molecule has 5 heteroatoms. The highest BCUT2D eigenvalue weighted by Crippen LogP contribution is 2.21. The Balaban J connectivity index is 2.08. The SMILES string of the molecule is CCOC(=O)C(OC(=O)N1CCCCC1)c1ccccc1. The highest BCUT2D eigenvalue weighted by molar-refractivity contribution is 5.80. The third kappa shape index (κ3) is 4.21. The van der Waals surface area contributed by atoms with Gasteiger partial charge in [-0.15, -0.1) is 0 Å². The van der Waals surface area contributed by atoms with E-state index < -0.39 is 18.2 Å². The molecule has 1 fully saturated rings. The molecule has 1 unspecified atom stereocenters. The van der Waals surface area contributed by atoms with Gasteiger partial charge in [-0.1, -0.05) is 30.3 Å². The van der Waals surface area contributed by atoms with E-state index in [9.17, 15) is 9.59 Å². The zero-order valence-electron chi connectivity index (χ0n) is 12.3. The number of ether oxygens (including phenoxy) is 2. The van der Waals surface area contributed by atoms with Crippen LogP contribution in [-0.4, -0.2) is 36.7 Å². The summed E-state index contributed by atoms with van der Waals surface area (Å²) in [4.78, 5) is 25.9. The molecule has 2 rings (SSSR count). The number of benzene rings is 1. The molecule has 0 spiro atoms. The second-order valence-electron chi connectivity index (χ2n) is 4.97. The largest absolute Gasteiger partial charge is 0.463 e. The van der Waals surface area contributed by atoms with E-state index in [1.165, 1.54) is 0 Å². The Bertz CT molecular complexity index is 468. The summed E-state index contributed by atoms with van der Waals surface area (Å²) >= 11 is 0. The highest BCUT2D eigenvalue weighted by atomic mass is 16.6. The second kappa shape index (κ2) is 7.67. The normalized spacial score (nSPS) is 16.1. The van der Waals surface area contributed by atoms with Crippen LogP contribution in [0.2, 0.25) is 0 Å². The fourth-order valence-corrected chi connectivity index (χ4v) is 2.35. The molecular weight excluding hydrogens is 270 g/mol. The molecule has 0 saturated carbocycles. The van der Waals surface area contributed by atoms with Gasteiger partial charge in [-0.05, 0) is 26.2 Å². The van der Waals surface area contributed by atoms with Gasteiger partial charge in [0.2, 0.25) is 6.10 Å². The van der Waals surface area contributed by atoms with Crippen molar-refractivity contribution in [2.45, 2.75) is 32.3 Å². The molecule has 0 N–H and O–H groups in total. The quantitative estimate of drug-likeness (QED) is 0.800. The lowest BCUT2D eigenvalue weighted by Crippen LogP contribution is -2.38. The van der Waals surface area contributed by atoms with Gasteiger partial charge < -0.3 is 14.4 Å². The van der Waals surface area contributed by atoms with Gasteiger partial charge in [0.15, 0.2) is 0 Å². The molecule has 1 aliphatic heterocycles. The molecule has 0 bridgehead atoms. The van der Waals surface area contributed by atoms with Crippen molar-refractivity contribution < 1.29 is 19.1 Å². The lowest BCUT2D eigenvalue weighted by molar-refractivity contribution is -0.154. The van der Waals surface area contributed by atoms with Crippen molar-refractivity contribution in [1.29, 1.82) is 0 Å². The minimum atomic E-state index is -0.999. The lowest BCUT2D eigenvalue weighted by Gasteiger charge is -2.27. The van der Waals surface area contributed by atoms with Gasteiger partial charge in [-0.3, -0.25) is 0 Å². The smallest absolute Gasteiger partial charge is 0.410 e. The summed E-state index contributed by atoms with van der Waals surface area (Å²) in [6.07, 6.45) is 1.64. The van der Waals surface area contributed by atoms with Crippen LogP contribution in [0.25, 0.3) is 0 Å². The monoisotopic (exact) mass is 291 g/mol. The molecule has 1 amide bonds. The molecular formula is C16H21NO4. The first kappa shape index (κ1) is 15.4. The Morgan fingerprint density at radius 3 is 2.43 bits per heavy atom. The Morgan fingerprint density at radius 1 is 1.14 bits per heavy atom. The van der Waals surface area contributed by atoms with Gasteiger partial charge in [0.1, 0.15) is 0 Å². The maximum Gasteiger partial charge on any atom is 0.410 e. The van der Waals surface area contributed by atoms with Gasteiger partial charge in [0.05, 0.1) is 6.61 Å². The average Bonchev–Trinajstić information content (AvgIpc) is 2.54. The Kier molecular flexibility index (Phi) is 5.60. The number of carbonyl (C=O) groups excluding carboxylic acids is 2. The van der Waals surface area contributed by atoms with E-state index in [1.54, 1.807) is 36.1 Å². The predicted octanol–water partition coefficient (Wildman–Crippen LogP) is 2.91. The molecule has 0 radical (unpaired) electrons. The number of hydrogen-bond donors (Lipinski definition) is 0. The highest BCUT2D eigenvalue weighted by Gasteiger charge is 2.29. The van der Waals surface area contributed by atoms with Gasteiger partial charge in [-0.25, -0.2) is 9.59 Å². The number of nitrogens with zero attached hydrogens (tertiary/aromatic N) is 1. The molecule has 1 aromatic carbocycles. The van der Waals surface area contributed by atoms with Gasteiger partial charge in [0, 0.05) is 18.7 Å². The van der Waals surface area contributed by atoms with Crippen molar-refractivity contribution in [2.75, 3.05) is 19.7 Å². The molecule has 1 atom stereocenters. The Hall–Kier alpha value is -2.04. The third-order valence-electron chi connectivity index (χ3n) is 3.44. The molecule has 21 heavy (non-hydrogen) atoms. The third-order valence-corrected chi connectivity index (χ3v) is 3.44. The van der Waals surface area contributed by atoms with Gasteiger partial charge in [0.25, 0.3) is 0 Å². The van der Waals surface area contributed by atoms with E-state index in [2.05, 4.69) is 0 Å². The van der Waals surface area contributed by atoms with E-state index in [0.717, 1.165) is 19.3 Å². The van der Waals surface area contributed by atoms with Crippen LogP contribution in [0, 0.1) is 0 Å². The van der Waals surface area contributed by atoms with Crippen LogP contribution in [0.15, 0.2) is 30.3 Å². The molecule has 1 heterocycles. The average molecular weight is 291 g/mol. The summed E-state index contributed by atoms with van der Waals surface area (Å²) in [7, 11) is 0. The predicted molar refractivity (Wildman–Crippen MR) is 77.7 cm³/mol. The summed E-state index contributed by atoms with van der Waals surface area (Å²) in [6, 6.07) is 8.96. The summed E-state index contributed by atoms with van der Waals surface area (Å²) < 4.78 is 10.4. The zero-order chi connectivity index (χ0) is 15.1. The van der Waals surface area contributed by atoms with E-state index in [0.29, 0.717) is 18.7 Å². The van der Waals surface area contributed by atoms with Crippen molar-refractivity contribution in [2.24, 2.45) is 0 Å². The van der Waals surface area contributed by atoms with Crippen molar-refractivity contribution in [3.05, 3.63) is 35.9 Å². The minimum Gasteiger partial charge on any atom is -0.463 e. The number of amides is 1. The lowest BCUT2D eigenvalue weighted by atomic mass is 10.1. The van der Waals surface area contributed by atoms with E-state index >= 15 is 0 Å². The number of hydrogen-bond acceptors (Lipinski definition) is 4. The molecule has 0 aliphatic carbocycles. The maximum absolute atomic E-state index is 12.2. The van der Waals surface area contributed by atoms with Crippen LogP contribution in [0.5, 0.6) is 0 Å².